The lowest BCUT2D eigenvalue weighted by Crippen LogP contribution is -2.07. The van der Waals surface area contributed by atoms with Crippen LogP contribution in [-0.4, -0.2) is 22.9 Å². The van der Waals surface area contributed by atoms with E-state index in [0.717, 1.165) is 5.39 Å². The van der Waals surface area contributed by atoms with Gasteiger partial charge < -0.3 is 9.15 Å². The van der Waals surface area contributed by atoms with Gasteiger partial charge in [0.25, 0.3) is 5.69 Å². The molecule has 0 aliphatic carbocycles. The number of aromatic nitrogens is 1. The van der Waals surface area contributed by atoms with E-state index in [0.29, 0.717) is 33.5 Å². The molecule has 30 heavy (non-hydrogen) atoms. The highest BCUT2D eigenvalue weighted by molar-refractivity contribution is 7.14. The van der Waals surface area contributed by atoms with Gasteiger partial charge in [-0.2, -0.15) is 0 Å². The largest absolute Gasteiger partial charge is 0.497 e. The lowest BCUT2D eigenvalue weighted by molar-refractivity contribution is -0.384. The molecule has 1 amide bonds. The Bertz CT molecular complexity index is 1270. The van der Waals surface area contributed by atoms with E-state index in [2.05, 4.69) is 10.3 Å². The van der Waals surface area contributed by atoms with E-state index in [-0.39, 0.29) is 5.69 Å². The van der Waals surface area contributed by atoms with Gasteiger partial charge in [-0.05, 0) is 29.8 Å². The number of thiazole rings is 1. The number of carbonyl (C=O) groups excluding carboxylic acids is 1. The van der Waals surface area contributed by atoms with E-state index >= 15 is 0 Å². The lowest BCUT2D eigenvalue weighted by Gasteiger charge is -1.97. The van der Waals surface area contributed by atoms with Crippen LogP contribution in [0.5, 0.6) is 5.75 Å². The number of rotatable bonds is 6. The second-order valence-corrected chi connectivity index (χ2v) is 7.09. The van der Waals surface area contributed by atoms with E-state index < -0.39 is 10.8 Å². The van der Waals surface area contributed by atoms with Gasteiger partial charge in [0.1, 0.15) is 17.0 Å². The second kappa shape index (κ2) is 8.18. The number of fused-ring (bicyclic) bond motifs is 1. The first-order chi connectivity index (χ1) is 14.5. The Balaban J connectivity index is 1.46. The van der Waals surface area contributed by atoms with E-state index in [1.165, 1.54) is 35.6 Å². The van der Waals surface area contributed by atoms with Crippen molar-refractivity contribution in [3.63, 3.8) is 0 Å². The number of ether oxygens (including phenoxy) is 1. The Morgan fingerprint density at radius 1 is 1.27 bits per heavy atom. The number of nitro groups is 1. The summed E-state index contributed by atoms with van der Waals surface area (Å²) >= 11 is 1.27. The normalized spacial score (nSPS) is 11.1. The fourth-order valence-corrected chi connectivity index (χ4v) is 3.47. The first-order valence-electron chi connectivity index (χ1n) is 8.79. The third kappa shape index (κ3) is 4.20. The van der Waals surface area contributed by atoms with E-state index in [1.54, 1.807) is 30.7 Å². The Labute approximate surface area is 174 Å². The van der Waals surface area contributed by atoms with Gasteiger partial charge in [0, 0.05) is 35.0 Å². The maximum atomic E-state index is 12.2. The van der Waals surface area contributed by atoms with Crippen LogP contribution in [0, 0.1) is 10.1 Å². The number of hydrogen-bond acceptors (Lipinski definition) is 7. The van der Waals surface area contributed by atoms with Crippen molar-refractivity contribution < 1.29 is 18.9 Å². The minimum absolute atomic E-state index is 0.0365. The van der Waals surface area contributed by atoms with E-state index in [9.17, 15) is 14.9 Å². The van der Waals surface area contributed by atoms with Gasteiger partial charge in [-0.25, -0.2) is 4.98 Å². The predicted octanol–water partition coefficient (Wildman–Crippen LogP) is 5.13. The number of amides is 1. The maximum Gasteiger partial charge on any atom is 0.270 e. The number of anilines is 1. The van der Waals surface area contributed by atoms with Gasteiger partial charge in [-0.3, -0.25) is 20.2 Å². The van der Waals surface area contributed by atoms with Gasteiger partial charge in [0.15, 0.2) is 10.9 Å². The molecule has 0 spiro atoms. The topological polar surface area (TPSA) is 108 Å². The summed E-state index contributed by atoms with van der Waals surface area (Å²) in [7, 11) is 1.59. The van der Waals surface area contributed by atoms with E-state index in [4.69, 9.17) is 9.15 Å². The number of nitro benzene ring substituents is 1. The van der Waals surface area contributed by atoms with Crippen LogP contribution in [0.4, 0.5) is 10.8 Å². The minimum atomic E-state index is -0.483. The summed E-state index contributed by atoms with van der Waals surface area (Å²) in [5, 5.41) is 16.6. The maximum absolute atomic E-state index is 12.2. The smallest absolute Gasteiger partial charge is 0.270 e. The Morgan fingerprint density at radius 2 is 2.13 bits per heavy atom. The first-order valence-corrected chi connectivity index (χ1v) is 9.67. The van der Waals surface area contributed by atoms with Crippen molar-refractivity contribution >= 4 is 45.1 Å². The molecule has 4 aromatic rings. The third-order valence-electron chi connectivity index (χ3n) is 4.22. The molecule has 2 heterocycles. The highest BCUT2D eigenvalue weighted by atomic mass is 32.1. The first kappa shape index (κ1) is 19.3. The fraction of sp³-hybridized carbons (Fsp3) is 0.0476. The molecule has 0 fully saturated rings. The average molecular weight is 421 g/mol. The van der Waals surface area contributed by atoms with Gasteiger partial charge >= 0.3 is 0 Å². The van der Waals surface area contributed by atoms with Crippen molar-refractivity contribution in [1.82, 2.24) is 4.98 Å². The Morgan fingerprint density at radius 3 is 2.93 bits per heavy atom. The molecule has 9 heteroatoms. The van der Waals surface area contributed by atoms with Crippen molar-refractivity contribution in [2.24, 2.45) is 0 Å². The van der Waals surface area contributed by atoms with Gasteiger partial charge in [-0.1, -0.05) is 12.1 Å². The molecule has 1 N–H and O–H groups in total. The van der Waals surface area contributed by atoms with Crippen molar-refractivity contribution in [1.29, 1.82) is 0 Å². The molecule has 8 nitrogen and oxygen atoms in total. The second-order valence-electron chi connectivity index (χ2n) is 6.23. The number of methoxy groups -OCH3 is 1. The van der Waals surface area contributed by atoms with Crippen LogP contribution >= 0.6 is 11.3 Å². The fourth-order valence-electron chi connectivity index (χ4n) is 2.77. The number of benzene rings is 2. The van der Waals surface area contributed by atoms with Crippen molar-refractivity contribution in [2.75, 3.05) is 12.4 Å². The van der Waals surface area contributed by atoms with Crippen LogP contribution in [0.25, 0.3) is 28.5 Å². The highest BCUT2D eigenvalue weighted by Crippen LogP contribution is 2.32. The number of furan rings is 1. The summed E-state index contributed by atoms with van der Waals surface area (Å²) in [5.41, 5.74) is 1.80. The Kier molecular flexibility index (Phi) is 5.27. The average Bonchev–Trinajstić information content (AvgIpc) is 3.38. The molecule has 4 rings (SSSR count). The zero-order valence-electron chi connectivity index (χ0n) is 15.7. The monoisotopic (exact) mass is 421 g/mol. The lowest BCUT2D eigenvalue weighted by atomic mass is 10.2. The molecule has 0 atom stereocenters. The molecule has 150 valence electrons. The predicted molar refractivity (Wildman–Crippen MR) is 115 cm³/mol. The standard InChI is InChI=1S/C21H15N3O5S/c1-28-16-7-6-14-10-19(29-18(14)11-16)17-12-30-21(22-17)23-20(25)8-5-13-3-2-4-15(9-13)24(26)27/h2-12H,1H3,(H,22,23,25)/b8-5+. The molecule has 0 unspecified atom stereocenters. The molecule has 0 aliphatic rings. The molecule has 0 aliphatic heterocycles. The highest BCUT2D eigenvalue weighted by Gasteiger charge is 2.12. The number of nitrogens with one attached hydrogen (secondary N) is 1. The summed E-state index contributed by atoms with van der Waals surface area (Å²) < 4.78 is 11.0. The van der Waals surface area contributed by atoms with Crippen LogP contribution in [-0.2, 0) is 4.79 Å². The zero-order valence-corrected chi connectivity index (χ0v) is 16.5. The summed E-state index contributed by atoms with van der Waals surface area (Å²) in [4.78, 5) is 26.9. The molecule has 0 radical (unpaired) electrons. The molecule has 0 saturated heterocycles. The zero-order chi connectivity index (χ0) is 21.1. The van der Waals surface area contributed by atoms with Crippen molar-refractivity contribution in [3.05, 3.63) is 75.7 Å². The summed E-state index contributed by atoms with van der Waals surface area (Å²) in [6.07, 6.45) is 2.80. The molecular formula is C21H15N3O5S. The molecule has 0 saturated carbocycles. The molecular weight excluding hydrogens is 406 g/mol. The molecule has 2 aromatic heterocycles. The number of hydrogen-bond donors (Lipinski definition) is 1. The molecule has 0 bridgehead atoms. The Hall–Kier alpha value is -3.98. The van der Waals surface area contributed by atoms with Crippen molar-refractivity contribution in [3.8, 4) is 17.2 Å². The number of non-ortho nitro benzene ring substituents is 1. The van der Waals surface area contributed by atoms with Crippen LogP contribution in [0.3, 0.4) is 0 Å². The van der Waals surface area contributed by atoms with Gasteiger partial charge in [-0.15, -0.1) is 11.3 Å². The van der Waals surface area contributed by atoms with Crippen LogP contribution in [0.2, 0.25) is 0 Å². The summed E-state index contributed by atoms with van der Waals surface area (Å²) in [5.74, 6) is 0.893. The molecule has 2 aromatic carbocycles. The summed E-state index contributed by atoms with van der Waals surface area (Å²) in [6.45, 7) is 0. The third-order valence-corrected chi connectivity index (χ3v) is 4.98. The van der Waals surface area contributed by atoms with E-state index in [1.807, 2.05) is 18.2 Å². The van der Waals surface area contributed by atoms with Crippen LogP contribution < -0.4 is 10.1 Å². The minimum Gasteiger partial charge on any atom is -0.497 e. The van der Waals surface area contributed by atoms with Crippen molar-refractivity contribution in [2.45, 2.75) is 0 Å². The van der Waals surface area contributed by atoms with Gasteiger partial charge in [0.2, 0.25) is 5.91 Å². The quantitative estimate of drug-likeness (QED) is 0.263. The van der Waals surface area contributed by atoms with Gasteiger partial charge in [0.05, 0.1) is 12.0 Å². The number of nitrogens with zero attached hydrogens (tertiary/aromatic N) is 2. The van der Waals surface area contributed by atoms with Crippen LogP contribution in [0.15, 0.2) is 64.4 Å². The van der Waals surface area contributed by atoms with Crippen LogP contribution in [0.1, 0.15) is 5.56 Å². The number of carbonyl (C=O) groups is 1. The summed E-state index contributed by atoms with van der Waals surface area (Å²) in [6, 6.07) is 13.4. The SMILES string of the molecule is COc1ccc2cc(-c3csc(NC(=O)/C=C/c4cccc([N+](=O)[O-])c4)n3)oc2c1.